The fourth-order valence-corrected chi connectivity index (χ4v) is 6.98. The van der Waals surface area contributed by atoms with Crippen LogP contribution in [0.4, 0.5) is 14.5 Å². The van der Waals surface area contributed by atoms with Gasteiger partial charge in [0.25, 0.3) is 11.8 Å². The number of hydrogen-bond acceptors (Lipinski definition) is 7. The maximum atomic E-state index is 15.7. The Morgan fingerprint density at radius 1 is 0.945 bits per heavy atom. The summed E-state index contributed by atoms with van der Waals surface area (Å²) in [4.78, 5) is 49.6. The number of nitrogens with zero attached hydrogens (tertiary/aromatic N) is 6. The van der Waals surface area contributed by atoms with Crippen molar-refractivity contribution < 1.29 is 27.9 Å². The van der Waals surface area contributed by atoms with Gasteiger partial charge in [-0.1, -0.05) is 24.6 Å². The van der Waals surface area contributed by atoms with Crippen molar-refractivity contribution in [1.82, 2.24) is 34.4 Å². The molecular weight excluding hydrogens is 730 g/mol. The van der Waals surface area contributed by atoms with Gasteiger partial charge in [-0.15, -0.1) is 0 Å². The molecular formula is C40H43ClF2N8O4. The third-order valence-corrected chi connectivity index (χ3v) is 10.3. The number of imidazole rings is 1. The van der Waals surface area contributed by atoms with E-state index in [1.807, 2.05) is 25.9 Å². The molecule has 1 fully saturated rings. The molecule has 6 rings (SSSR count). The van der Waals surface area contributed by atoms with Crippen LogP contribution < -0.4 is 10.1 Å². The molecule has 3 amide bonds. The van der Waals surface area contributed by atoms with Gasteiger partial charge in [-0.2, -0.15) is 5.10 Å². The van der Waals surface area contributed by atoms with E-state index in [0.717, 1.165) is 19.4 Å². The van der Waals surface area contributed by atoms with E-state index in [2.05, 4.69) is 25.4 Å². The van der Waals surface area contributed by atoms with Crippen molar-refractivity contribution in [2.75, 3.05) is 59.2 Å². The Bertz CT molecular complexity index is 2200. The Morgan fingerprint density at radius 3 is 2.27 bits per heavy atom. The number of anilines is 1. The van der Waals surface area contributed by atoms with Crippen LogP contribution >= 0.6 is 11.6 Å². The fraction of sp³-hybridized carbons (Fsp3) is 0.325. The van der Waals surface area contributed by atoms with Crippen LogP contribution in [0.5, 0.6) is 5.75 Å². The molecule has 288 valence electrons. The minimum absolute atomic E-state index is 0.00777. The zero-order valence-corrected chi connectivity index (χ0v) is 32.1. The standard InChI is InChI=1S/C40H43ClF2N8O4/c1-6-24(15-16-48(2)3)39(53)50-17-19-51(20-18-50)40(54)29-12-9-26(21-32(29)41)46-38(52)37-44-23-33(49(37)4)30-14-13-28(34(42)35(30)43)31-22-45-47-36(31)25-7-10-27(55-5)11-8-25/h7-14,21-24H,6,15-20H2,1-5H3,(H,45,47)(H,46,52). The van der Waals surface area contributed by atoms with Gasteiger partial charge in [0, 0.05) is 67.1 Å². The monoisotopic (exact) mass is 772 g/mol. The third kappa shape index (κ3) is 8.25. The van der Waals surface area contributed by atoms with Crippen molar-refractivity contribution >= 4 is 35.0 Å². The van der Waals surface area contributed by atoms with E-state index in [-0.39, 0.29) is 51.0 Å². The molecule has 1 unspecified atom stereocenters. The third-order valence-electron chi connectivity index (χ3n) is 9.96. The summed E-state index contributed by atoms with van der Waals surface area (Å²) in [5, 5.41) is 9.78. The zero-order valence-electron chi connectivity index (χ0n) is 31.3. The molecule has 1 atom stereocenters. The van der Waals surface area contributed by atoms with E-state index in [0.29, 0.717) is 54.4 Å². The number of piperazine rings is 1. The molecule has 0 spiro atoms. The number of amides is 3. The van der Waals surface area contributed by atoms with Gasteiger partial charge < -0.3 is 29.3 Å². The van der Waals surface area contributed by atoms with Crippen molar-refractivity contribution in [1.29, 1.82) is 0 Å². The van der Waals surface area contributed by atoms with Crippen molar-refractivity contribution in [2.24, 2.45) is 13.0 Å². The highest BCUT2D eigenvalue weighted by molar-refractivity contribution is 6.34. The quantitative estimate of drug-likeness (QED) is 0.146. The minimum atomic E-state index is -1.11. The molecule has 1 aliphatic heterocycles. The number of H-pyrrole nitrogens is 1. The highest BCUT2D eigenvalue weighted by atomic mass is 35.5. The highest BCUT2D eigenvalue weighted by Gasteiger charge is 2.30. The number of benzene rings is 3. The lowest BCUT2D eigenvalue weighted by atomic mass is 9.99. The number of hydrogen-bond donors (Lipinski definition) is 2. The Labute approximate surface area is 323 Å². The molecule has 1 saturated heterocycles. The van der Waals surface area contributed by atoms with Gasteiger partial charge in [0.1, 0.15) is 5.75 Å². The summed E-state index contributed by atoms with van der Waals surface area (Å²) in [6.07, 6.45) is 4.27. The number of rotatable bonds is 12. The van der Waals surface area contributed by atoms with Crippen molar-refractivity contribution in [3.05, 3.63) is 95.0 Å². The molecule has 55 heavy (non-hydrogen) atoms. The number of carbonyl (C=O) groups is 3. The number of aromatic nitrogens is 4. The molecule has 2 N–H and O–H groups in total. The zero-order chi connectivity index (χ0) is 39.4. The first kappa shape index (κ1) is 39.1. The molecule has 3 aromatic carbocycles. The SMILES string of the molecule is CCC(CCN(C)C)C(=O)N1CCN(C(=O)c2ccc(NC(=O)c3ncc(-c4ccc(-c5cn[nH]c5-c5ccc(OC)cc5)c(F)c4F)n3C)cc2Cl)CC1. The summed E-state index contributed by atoms with van der Waals surface area (Å²) in [7, 11) is 7.05. The Morgan fingerprint density at radius 2 is 1.62 bits per heavy atom. The average Bonchev–Trinajstić information content (AvgIpc) is 3.83. The molecule has 5 aromatic rings. The lowest BCUT2D eigenvalue weighted by Gasteiger charge is -2.36. The van der Waals surface area contributed by atoms with Crippen LogP contribution in [0.3, 0.4) is 0 Å². The van der Waals surface area contributed by atoms with E-state index in [9.17, 15) is 14.4 Å². The van der Waals surface area contributed by atoms with E-state index in [1.54, 1.807) is 42.3 Å². The molecule has 15 heteroatoms. The maximum Gasteiger partial charge on any atom is 0.291 e. The van der Waals surface area contributed by atoms with Crippen LogP contribution in [-0.2, 0) is 11.8 Å². The molecule has 2 aromatic heterocycles. The fourth-order valence-electron chi connectivity index (χ4n) is 6.72. The number of carbonyl (C=O) groups excluding carboxylic acids is 3. The van der Waals surface area contributed by atoms with Crippen LogP contribution in [0.1, 0.15) is 40.7 Å². The van der Waals surface area contributed by atoms with Gasteiger partial charge in [0.05, 0.1) is 41.5 Å². The summed E-state index contributed by atoms with van der Waals surface area (Å²) in [6.45, 7) is 4.50. The smallest absolute Gasteiger partial charge is 0.291 e. The van der Waals surface area contributed by atoms with E-state index < -0.39 is 17.5 Å². The first-order valence-corrected chi connectivity index (χ1v) is 18.3. The van der Waals surface area contributed by atoms with Crippen molar-refractivity contribution in [3.63, 3.8) is 0 Å². The summed E-state index contributed by atoms with van der Waals surface area (Å²) >= 11 is 6.55. The normalized spacial score (nSPS) is 13.6. The average molecular weight is 773 g/mol. The molecule has 0 radical (unpaired) electrons. The van der Waals surface area contributed by atoms with Crippen LogP contribution in [0.25, 0.3) is 33.6 Å². The van der Waals surface area contributed by atoms with Gasteiger partial charge in [-0.05, 0) is 82.0 Å². The highest BCUT2D eigenvalue weighted by Crippen LogP contribution is 2.36. The molecule has 0 saturated carbocycles. The van der Waals surface area contributed by atoms with Gasteiger partial charge in [0.15, 0.2) is 17.5 Å². The Balaban J connectivity index is 1.11. The molecule has 1 aliphatic rings. The minimum Gasteiger partial charge on any atom is -0.497 e. The summed E-state index contributed by atoms with van der Waals surface area (Å²) in [6, 6.07) is 14.5. The first-order chi connectivity index (χ1) is 26.4. The van der Waals surface area contributed by atoms with Crippen molar-refractivity contribution in [3.8, 4) is 39.4 Å². The van der Waals surface area contributed by atoms with Crippen molar-refractivity contribution in [2.45, 2.75) is 19.8 Å². The van der Waals surface area contributed by atoms with E-state index >= 15 is 8.78 Å². The van der Waals surface area contributed by atoms with Crippen LogP contribution in [-0.4, -0.2) is 106 Å². The number of ether oxygens (including phenoxy) is 1. The largest absolute Gasteiger partial charge is 0.497 e. The van der Waals surface area contributed by atoms with Gasteiger partial charge >= 0.3 is 0 Å². The Hall–Kier alpha value is -5.60. The summed E-state index contributed by atoms with van der Waals surface area (Å²) < 4.78 is 38.0. The number of methoxy groups -OCH3 is 1. The summed E-state index contributed by atoms with van der Waals surface area (Å²) in [5.74, 6) is -2.43. The van der Waals surface area contributed by atoms with Crippen LogP contribution in [0.2, 0.25) is 5.02 Å². The van der Waals surface area contributed by atoms with Gasteiger partial charge in [-0.3, -0.25) is 19.5 Å². The second kappa shape index (κ2) is 16.8. The Kier molecular flexibility index (Phi) is 12.0. The predicted molar refractivity (Wildman–Crippen MR) is 207 cm³/mol. The first-order valence-electron chi connectivity index (χ1n) is 17.9. The number of nitrogens with one attached hydrogen (secondary N) is 2. The van der Waals surface area contributed by atoms with E-state index in [1.165, 1.54) is 48.3 Å². The van der Waals surface area contributed by atoms with Gasteiger partial charge in [0.2, 0.25) is 5.91 Å². The molecule has 0 aliphatic carbocycles. The molecule has 0 bridgehead atoms. The molecule has 3 heterocycles. The molecule has 12 nitrogen and oxygen atoms in total. The second-order valence-electron chi connectivity index (χ2n) is 13.7. The van der Waals surface area contributed by atoms with Crippen LogP contribution in [0.15, 0.2) is 67.0 Å². The lowest BCUT2D eigenvalue weighted by Crippen LogP contribution is -2.52. The lowest BCUT2D eigenvalue weighted by molar-refractivity contribution is -0.137. The van der Waals surface area contributed by atoms with E-state index in [4.69, 9.17) is 16.3 Å². The van der Waals surface area contributed by atoms with Crippen LogP contribution in [0, 0.1) is 17.6 Å². The topological polar surface area (TPSA) is 129 Å². The maximum absolute atomic E-state index is 15.7. The van der Waals surface area contributed by atoms with Gasteiger partial charge in [-0.25, -0.2) is 13.8 Å². The number of aromatic amines is 1. The predicted octanol–water partition coefficient (Wildman–Crippen LogP) is 6.60. The number of halogens is 3. The second-order valence-corrected chi connectivity index (χ2v) is 14.1. The summed E-state index contributed by atoms with van der Waals surface area (Å²) in [5.41, 5.74) is 2.26.